The topological polar surface area (TPSA) is 112 Å². The molecule has 33 heavy (non-hydrogen) atoms. The van der Waals surface area contributed by atoms with Gasteiger partial charge in [0.25, 0.3) is 5.91 Å². The molecule has 0 saturated carbocycles. The molecule has 0 unspecified atom stereocenters. The highest BCUT2D eigenvalue weighted by atomic mass is 35.5. The lowest BCUT2D eigenvalue weighted by Gasteiger charge is -2.27. The van der Waals surface area contributed by atoms with Crippen molar-refractivity contribution in [2.75, 3.05) is 13.3 Å². The summed E-state index contributed by atoms with van der Waals surface area (Å²) >= 11 is 5.76. The quantitative estimate of drug-likeness (QED) is 0.586. The van der Waals surface area contributed by atoms with Crippen molar-refractivity contribution in [1.82, 2.24) is 25.2 Å². The number of aromatic nitrogens is 3. The molecular weight excluding hydrogens is 450 g/mol. The SMILES string of the molecule is Cn1nc(C(=O)NCc2ccc3c(c2)OCO3)c2c1CCN(C(=O)CCc1cc(Cl)no1)C2. The first-order valence-electron chi connectivity index (χ1n) is 10.6. The van der Waals surface area contributed by atoms with Gasteiger partial charge in [-0.05, 0) is 17.7 Å². The Hall–Kier alpha value is -3.53. The molecule has 2 aliphatic heterocycles. The number of aryl methyl sites for hydroxylation is 2. The summed E-state index contributed by atoms with van der Waals surface area (Å²) in [5.74, 6) is 1.62. The molecule has 1 aromatic carbocycles. The number of nitrogens with zero attached hydrogens (tertiary/aromatic N) is 4. The lowest BCUT2D eigenvalue weighted by molar-refractivity contribution is -0.132. The Bertz CT molecular complexity index is 1220. The van der Waals surface area contributed by atoms with Gasteiger partial charge >= 0.3 is 0 Å². The summed E-state index contributed by atoms with van der Waals surface area (Å²) in [5.41, 5.74) is 2.98. The fourth-order valence-corrected chi connectivity index (χ4v) is 4.25. The van der Waals surface area contributed by atoms with E-state index in [0.29, 0.717) is 55.4 Å². The molecule has 1 N–H and O–H groups in total. The Morgan fingerprint density at radius 3 is 2.88 bits per heavy atom. The number of nitrogens with one attached hydrogen (secondary N) is 1. The Balaban J connectivity index is 1.24. The van der Waals surface area contributed by atoms with E-state index in [9.17, 15) is 9.59 Å². The standard InChI is InChI=1S/C22H22ClN5O5/c1-27-16-6-7-28(20(29)5-3-14-9-19(23)26-33-14)11-15(16)21(25-27)22(30)24-10-13-2-4-17-18(8-13)32-12-31-17/h2,4,8-9H,3,5-7,10-12H2,1H3,(H,24,30). The summed E-state index contributed by atoms with van der Waals surface area (Å²) in [6.45, 7) is 1.43. The van der Waals surface area contributed by atoms with Gasteiger partial charge in [-0.25, -0.2) is 0 Å². The molecule has 0 bridgehead atoms. The Kier molecular flexibility index (Phi) is 5.67. The van der Waals surface area contributed by atoms with Crippen molar-refractivity contribution in [1.29, 1.82) is 0 Å². The van der Waals surface area contributed by atoms with E-state index in [1.54, 1.807) is 15.6 Å². The molecule has 3 aromatic rings. The van der Waals surface area contributed by atoms with Gasteiger partial charge < -0.3 is 24.2 Å². The molecule has 0 spiro atoms. The van der Waals surface area contributed by atoms with E-state index in [1.165, 1.54) is 0 Å². The van der Waals surface area contributed by atoms with Crippen LogP contribution in [0, 0.1) is 0 Å². The van der Waals surface area contributed by atoms with E-state index in [4.69, 9.17) is 25.6 Å². The molecule has 2 amide bonds. The van der Waals surface area contributed by atoms with E-state index in [2.05, 4.69) is 15.6 Å². The third kappa shape index (κ3) is 4.38. The van der Waals surface area contributed by atoms with Crippen LogP contribution in [0.5, 0.6) is 11.5 Å². The van der Waals surface area contributed by atoms with E-state index in [0.717, 1.165) is 16.8 Å². The van der Waals surface area contributed by atoms with Crippen LogP contribution in [0.25, 0.3) is 0 Å². The lowest BCUT2D eigenvalue weighted by Crippen LogP contribution is -2.37. The number of benzene rings is 1. The zero-order chi connectivity index (χ0) is 22.9. The van der Waals surface area contributed by atoms with Crippen LogP contribution in [0.2, 0.25) is 5.15 Å². The number of ether oxygens (including phenoxy) is 2. The van der Waals surface area contributed by atoms with Crippen molar-refractivity contribution in [2.45, 2.75) is 32.4 Å². The maximum atomic E-state index is 12.9. The second-order valence-electron chi connectivity index (χ2n) is 7.95. The molecule has 11 heteroatoms. The van der Waals surface area contributed by atoms with Crippen molar-refractivity contribution >= 4 is 23.4 Å². The Morgan fingerprint density at radius 2 is 2.06 bits per heavy atom. The Labute approximate surface area is 194 Å². The fourth-order valence-electron chi connectivity index (χ4n) is 4.10. The maximum Gasteiger partial charge on any atom is 0.272 e. The number of hydrogen-bond donors (Lipinski definition) is 1. The number of rotatable bonds is 6. The number of halogens is 1. The lowest BCUT2D eigenvalue weighted by atomic mass is 10.0. The van der Waals surface area contributed by atoms with Gasteiger partial charge in [-0.15, -0.1) is 0 Å². The van der Waals surface area contributed by atoms with Crippen LogP contribution in [-0.2, 0) is 37.8 Å². The van der Waals surface area contributed by atoms with Gasteiger partial charge in [-0.3, -0.25) is 14.3 Å². The fraction of sp³-hybridized carbons (Fsp3) is 0.364. The number of fused-ring (bicyclic) bond motifs is 2. The minimum Gasteiger partial charge on any atom is -0.454 e. The summed E-state index contributed by atoms with van der Waals surface area (Å²) in [6, 6.07) is 7.15. The second-order valence-corrected chi connectivity index (χ2v) is 8.34. The zero-order valence-corrected chi connectivity index (χ0v) is 18.7. The zero-order valence-electron chi connectivity index (χ0n) is 18.0. The molecular formula is C22H22ClN5O5. The minimum atomic E-state index is -0.282. The van der Waals surface area contributed by atoms with Crippen LogP contribution in [0.3, 0.4) is 0 Å². The van der Waals surface area contributed by atoms with Gasteiger partial charge in [0.05, 0.1) is 0 Å². The molecule has 0 saturated heterocycles. The molecule has 172 valence electrons. The van der Waals surface area contributed by atoms with E-state index < -0.39 is 0 Å². The van der Waals surface area contributed by atoms with Gasteiger partial charge in [0.2, 0.25) is 12.7 Å². The van der Waals surface area contributed by atoms with Crippen LogP contribution >= 0.6 is 11.6 Å². The first-order chi connectivity index (χ1) is 16.0. The van der Waals surface area contributed by atoms with Crippen molar-refractivity contribution in [3.05, 3.63) is 57.7 Å². The van der Waals surface area contributed by atoms with Crippen molar-refractivity contribution in [3.8, 4) is 11.5 Å². The number of amides is 2. The highest BCUT2D eigenvalue weighted by molar-refractivity contribution is 6.29. The molecule has 2 aliphatic rings. The van der Waals surface area contributed by atoms with Crippen molar-refractivity contribution < 1.29 is 23.6 Å². The molecule has 2 aromatic heterocycles. The van der Waals surface area contributed by atoms with Crippen LogP contribution in [-0.4, -0.2) is 45.0 Å². The normalized spacial score (nSPS) is 14.3. The molecule has 0 radical (unpaired) electrons. The third-order valence-corrected chi connectivity index (χ3v) is 5.99. The molecule has 0 aliphatic carbocycles. The van der Waals surface area contributed by atoms with Crippen molar-refractivity contribution in [2.24, 2.45) is 7.05 Å². The summed E-state index contributed by atoms with van der Waals surface area (Å²) in [6.07, 6.45) is 1.32. The predicted octanol–water partition coefficient (Wildman–Crippen LogP) is 2.24. The molecule has 0 atom stereocenters. The summed E-state index contributed by atoms with van der Waals surface area (Å²) < 4.78 is 17.5. The van der Waals surface area contributed by atoms with Crippen LogP contribution in [0.1, 0.15) is 39.5 Å². The number of carbonyl (C=O) groups excluding carboxylic acids is 2. The molecule has 5 rings (SSSR count). The predicted molar refractivity (Wildman–Crippen MR) is 116 cm³/mol. The van der Waals surface area contributed by atoms with Crippen LogP contribution in [0.4, 0.5) is 0 Å². The average molecular weight is 472 g/mol. The van der Waals surface area contributed by atoms with E-state index in [1.807, 2.05) is 25.2 Å². The monoisotopic (exact) mass is 471 g/mol. The average Bonchev–Trinajstić information content (AvgIpc) is 3.54. The van der Waals surface area contributed by atoms with E-state index >= 15 is 0 Å². The molecule has 4 heterocycles. The summed E-state index contributed by atoms with van der Waals surface area (Å²) in [4.78, 5) is 27.5. The summed E-state index contributed by atoms with van der Waals surface area (Å²) in [5, 5.41) is 11.2. The largest absolute Gasteiger partial charge is 0.454 e. The molecule has 10 nitrogen and oxygen atoms in total. The van der Waals surface area contributed by atoms with Gasteiger partial charge in [0, 0.05) is 63.3 Å². The van der Waals surface area contributed by atoms with Gasteiger partial charge in [0.1, 0.15) is 5.76 Å². The minimum absolute atomic E-state index is 0.0243. The molecule has 0 fully saturated rings. The first kappa shape index (κ1) is 21.3. The highest BCUT2D eigenvalue weighted by Gasteiger charge is 2.29. The maximum absolute atomic E-state index is 12.9. The van der Waals surface area contributed by atoms with Gasteiger partial charge in [-0.2, -0.15) is 5.10 Å². The smallest absolute Gasteiger partial charge is 0.272 e. The van der Waals surface area contributed by atoms with Gasteiger partial charge in [0.15, 0.2) is 22.3 Å². The number of carbonyl (C=O) groups is 2. The van der Waals surface area contributed by atoms with Crippen LogP contribution in [0.15, 0.2) is 28.8 Å². The summed E-state index contributed by atoms with van der Waals surface area (Å²) in [7, 11) is 1.82. The van der Waals surface area contributed by atoms with Crippen molar-refractivity contribution in [3.63, 3.8) is 0 Å². The van der Waals surface area contributed by atoms with Gasteiger partial charge in [-0.1, -0.05) is 22.8 Å². The van der Waals surface area contributed by atoms with Crippen LogP contribution < -0.4 is 14.8 Å². The second kappa shape index (κ2) is 8.78. The van der Waals surface area contributed by atoms with E-state index in [-0.39, 0.29) is 30.2 Å². The number of hydrogen-bond acceptors (Lipinski definition) is 7. The first-order valence-corrected chi connectivity index (χ1v) is 11.0. The Morgan fingerprint density at radius 1 is 1.21 bits per heavy atom. The highest BCUT2D eigenvalue weighted by Crippen LogP contribution is 2.32. The third-order valence-electron chi connectivity index (χ3n) is 5.82.